The van der Waals surface area contributed by atoms with Crippen molar-refractivity contribution in [1.29, 1.82) is 0 Å². The van der Waals surface area contributed by atoms with Crippen LogP contribution in [0.5, 0.6) is 0 Å². The first kappa shape index (κ1) is 16.8. The molecule has 122 valence electrons. The van der Waals surface area contributed by atoms with Crippen molar-refractivity contribution in [2.45, 2.75) is 38.1 Å². The van der Waals surface area contributed by atoms with E-state index in [9.17, 15) is 9.59 Å². The van der Waals surface area contributed by atoms with Crippen molar-refractivity contribution in [3.05, 3.63) is 48.7 Å². The fourth-order valence-corrected chi connectivity index (χ4v) is 2.59. The van der Waals surface area contributed by atoms with Gasteiger partial charge >= 0.3 is 5.97 Å². The van der Waals surface area contributed by atoms with Gasteiger partial charge in [0, 0.05) is 23.5 Å². The minimum Gasteiger partial charge on any atom is -0.480 e. The summed E-state index contributed by atoms with van der Waals surface area (Å²) in [6.45, 7) is 3.57. The Morgan fingerprint density at radius 1 is 1.35 bits per heavy atom. The van der Waals surface area contributed by atoms with Gasteiger partial charge in [0.2, 0.25) is 5.91 Å². The van der Waals surface area contributed by atoms with Gasteiger partial charge in [-0.05, 0) is 37.3 Å². The molecule has 0 fully saturated rings. The van der Waals surface area contributed by atoms with Crippen molar-refractivity contribution in [3.63, 3.8) is 0 Å². The summed E-state index contributed by atoms with van der Waals surface area (Å²) in [6, 6.07) is 7.20. The third-order valence-corrected chi connectivity index (χ3v) is 3.82. The fourth-order valence-electron chi connectivity index (χ4n) is 2.59. The lowest BCUT2D eigenvalue weighted by atomic mass is 10.1. The summed E-state index contributed by atoms with van der Waals surface area (Å²) in [7, 11) is 0. The topological polar surface area (TPSA) is 82.2 Å². The van der Waals surface area contributed by atoms with E-state index in [1.165, 1.54) is 10.9 Å². The minimum absolute atomic E-state index is 0.221. The Morgan fingerprint density at radius 2 is 2.13 bits per heavy atom. The molecule has 0 aliphatic heterocycles. The van der Waals surface area contributed by atoms with Crippen molar-refractivity contribution in [2.24, 2.45) is 0 Å². The maximum absolute atomic E-state index is 11.9. The standard InChI is InChI=1S/C18H22N2O3/c1-2-3-9-16(18(22)23)20-17(21)11-6-7-13-12-19-15-10-5-4-8-14(13)15/h2,4-5,8,10,12,16,19H,1,3,6-7,9,11H2,(H,20,21)(H,22,23). The number of fused-ring (bicyclic) bond motifs is 1. The van der Waals surface area contributed by atoms with Crippen LogP contribution in [0.15, 0.2) is 43.1 Å². The number of aliphatic carboxylic acids is 1. The van der Waals surface area contributed by atoms with E-state index in [4.69, 9.17) is 5.11 Å². The van der Waals surface area contributed by atoms with Crippen LogP contribution in [0.25, 0.3) is 10.9 Å². The Labute approximate surface area is 135 Å². The number of aromatic amines is 1. The van der Waals surface area contributed by atoms with E-state index in [0.717, 1.165) is 11.9 Å². The zero-order valence-corrected chi connectivity index (χ0v) is 13.0. The molecule has 0 aliphatic carbocycles. The normalized spacial score (nSPS) is 12.0. The molecule has 0 saturated carbocycles. The number of carboxylic acids is 1. The molecule has 1 unspecified atom stereocenters. The van der Waals surface area contributed by atoms with Crippen molar-refractivity contribution in [1.82, 2.24) is 10.3 Å². The molecular formula is C18H22N2O3. The SMILES string of the molecule is C=CCCC(NC(=O)CCCc1c[nH]c2ccccc12)C(=O)O. The quantitative estimate of drug-likeness (QED) is 0.622. The molecule has 0 spiro atoms. The maximum Gasteiger partial charge on any atom is 0.326 e. The van der Waals surface area contributed by atoms with Gasteiger partial charge in [0.05, 0.1) is 0 Å². The van der Waals surface area contributed by atoms with E-state index in [1.54, 1.807) is 6.08 Å². The lowest BCUT2D eigenvalue weighted by Crippen LogP contribution is -2.40. The molecule has 0 bridgehead atoms. The first-order chi connectivity index (χ1) is 11.1. The molecular weight excluding hydrogens is 292 g/mol. The number of aryl methyl sites for hydroxylation is 1. The highest BCUT2D eigenvalue weighted by Gasteiger charge is 2.18. The number of nitrogens with one attached hydrogen (secondary N) is 2. The molecule has 2 aromatic rings. The molecule has 23 heavy (non-hydrogen) atoms. The zero-order valence-electron chi connectivity index (χ0n) is 13.0. The van der Waals surface area contributed by atoms with Gasteiger partial charge in [0.15, 0.2) is 0 Å². The predicted octanol–water partition coefficient (Wildman–Crippen LogP) is 3.03. The monoisotopic (exact) mass is 314 g/mol. The molecule has 5 nitrogen and oxygen atoms in total. The van der Waals surface area contributed by atoms with Crippen LogP contribution in [0.3, 0.4) is 0 Å². The number of hydrogen-bond donors (Lipinski definition) is 3. The Balaban J connectivity index is 1.82. The summed E-state index contributed by atoms with van der Waals surface area (Å²) in [4.78, 5) is 26.2. The van der Waals surface area contributed by atoms with Crippen LogP contribution >= 0.6 is 0 Å². The van der Waals surface area contributed by atoms with Crippen LogP contribution in [0.2, 0.25) is 0 Å². The van der Waals surface area contributed by atoms with Crippen molar-refractivity contribution in [2.75, 3.05) is 0 Å². The molecule has 5 heteroatoms. The number of rotatable bonds is 9. The summed E-state index contributed by atoms with van der Waals surface area (Å²) in [5.41, 5.74) is 2.26. The summed E-state index contributed by atoms with van der Waals surface area (Å²) in [5, 5.41) is 12.8. The molecule has 3 N–H and O–H groups in total. The van der Waals surface area contributed by atoms with Gasteiger partial charge in [0.1, 0.15) is 6.04 Å². The molecule has 1 heterocycles. The zero-order chi connectivity index (χ0) is 16.7. The van der Waals surface area contributed by atoms with Crippen molar-refractivity contribution < 1.29 is 14.7 Å². The smallest absolute Gasteiger partial charge is 0.326 e. The number of amides is 1. The number of para-hydroxylation sites is 1. The first-order valence-corrected chi connectivity index (χ1v) is 7.80. The summed E-state index contributed by atoms with van der Waals surface area (Å²) < 4.78 is 0. The van der Waals surface area contributed by atoms with Gasteiger partial charge in [-0.2, -0.15) is 0 Å². The highest BCUT2D eigenvalue weighted by Crippen LogP contribution is 2.19. The number of hydrogen-bond acceptors (Lipinski definition) is 2. The van der Waals surface area contributed by atoms with E-state index in [1.807, 2.05) is 24.4 Å². The van der Waals surface area contributed by atoms with Crippen LogP contribution in [-0.2, 0) is 16.0 Å². The fraction of sp³-hybridized carbons (Fsp3) is 0.333. The Morgan fingerprint density at radius 3 is 2.87 bits per heavy atom. The van der Waals surface area contributed by atoms with Gasteiger partial charge in [0.25, 0.3) is 0 Å². The van der Waals surface area contributed by atoms with E-state index >= 15 is 0 Å². The van der Waals surface area contributed by atoms with E-state index in [2.05, 4.69) is 22.9 Å². The number of benzene rings is 1. The minimum atomic E-state index is -1.00. The summed E-state index contributed by atoms with van der Waals surface area (Å²) in [6.07, 6.45) is 6.33. The summed E-state index contributed by atoms with van der Waals surface area (Å²) >= 11 is 0. The second kappa shape index (κ2) is 8.17. The van der Waals surface area contributed by atoms with E-state index < -0.39 is 12.0 Å². The first-order valence-electron chi connectivity index (χ1n) is 7.80. The van der Waals surface area contributed by atoms with Crippen LogP contribution in [0.4, 0.5) is 0 Å². The van der Waals surface area contributed by atoms with E-state index in [0.29, 0.717) is 25.7 Å². The average Bonchev–Trinajstić information content (AvgIpc) is 2.94. The molecule has 1 atom stereocenters. The second-order valence-electron chi connectivity index (χ2n) is 5.54. The van der Waals surface area contributed by atoms with Crippen LogP contribution in [0, 0.1) is 0 Å². The maximum atomic E-state index is 11.9. The third-order valence-electron chi connectivity index (χ3n) is 3.82. The lowest BCUT2D eigenvalue weighted by molar-refractivity contribution is -0.142. The molecule has 0 radical (unpaired) electrons. The lowest BCUT2D eigenvalue weighted by Gasteiger charge is -2.13. The number of carbonyl (C=O) groups excluding carboxylic acids is 1. The number of allylic oxidation sites excluding steroid dienone is 1. The highest BCUT2D eigenvalue weighted by atomic mass is 16.4. The number of carbonyl (C=O) groups is 2. The molecule has 2 rings (SSSR count). The number of aromatic nitrogens is 1. The molecule has 1 amide bonds. The number of H-pyrrole nitrogens is 1. The van der Waals surface area contributed by atoms with Gasteiger partial charge in [-0.1, -0.05) is 24.3 Å². The highest BCUT2D eigenvalue weighted by molar-refractivity contribution is 5.84. The molecule has 1 aromatic heterocycles. The number of carboxylic acid groups (broad SMARTS) is 1. The van der Waals surface area contributed by atoms with Gasteiger partial charge in [-0.15, -0.1) is 6.58 Å². The molecule has 0 saturated heterocycles. The van der Waals surface area contributed by atoms with Crippen molar-refractivity contribution in [3.8, 4) is 0 Å². The Kier molecular flexibility index (Phi) is 5.97. The Hall–Kier alpha value is -2.56. The van der Waals surface area contributed by atoms with Crippen LogP contribution < -0.4 is 5.32 Å². The molecule has 1 aromatic carbocycles. The van der Waals surface area contributed by atoms with Gasteiger partial charge in [-0.3, -0.25) is 4.79 Å². The largest absolute Gasteiger partial charge is 0.480 e. The molecule has 0 aliphatic rings. The third kappa shape index (κ3) is 4.71. The van der Waals surface area contributed by atoms with Gasteiger partial charge in [-0.25, -0.2) is 4.79 Å². The van der Waals surface area contributed by atoms with Crippen molar-refractivity contribution >= 4 is 22.8 Å². The second-order valence-corrected chi connectivity index (χ2v) is 5.54. The van der Waals surface area contributed by atoms with E-state index in [-0.39, 0.29) is 5.91 Å². The van der Waals surface area contributed by atoms with Crippen LogP contribution in [0.1, 0.15) is 31.2 Å². The Bertz CT molecular complexity index is 690. The summed E-state index contributed by atoms with van der Waals surface area (Å²) in [5.74, 6) is -1.22. The average molecular weight is 314 g/mol. The van der Waals surface area contributed by atoms with Gasteiger partial charge < -0.3 is 15.4 Å². The van der Waals surface area contributed by atoms with Crippen LogP contribution in [-0.4, -0.2) is 28.0 Å². The predicted molar refractivity (Wildman–Crippen MR) is 90.2 cm³/mol.